The van der Waals surface area contributed by atoms with E-state index in [4.69, 9.17) is 20.9 Å². The van der Waals surface area contributed by atoms with Gasteiger partial charge in [0.25, 0.3) is 0 Å². The Bertz CT molecular complexity index is 1930. The molecule has 2 unspecified atom stereocenters. The molecule has 1 aromatic heterocycles. The minimum atomic E-state index is -0.964. The molecule has 4 fully saturated rings. The van der Waals surface area contributed by atoms with Gasteiger partial charge in [-0.15, -0.1) is 6.42 Å². The van der Waals surface area contributed by atoms with Crippen molar-refractivity contribution < 1.29 is 27.8 Å². The molecular formula is C36H36F3N5O3. The molecule has 3 saturated heterocycles. The maximum atomic E-state index is 16.9. The first-order valence-corrected chi connectivity index (χ1v) is 16.3. The number of piperazine rings is 1. The van der Waals surface area contributed by atoms with E-state index < -0.39 is 23.0 Å². The zero-order chi connectivity index (χ0) is 32.4. The molecule has 11 heteroatoms. The fraction of sp³-hybridized carbons (Fsp3) is 0.444. The third-order valence-electron chi connectivity index (χ3n) is 10.3. The molecule has 8 rings (SSSR count). The predicted molar refractivity (Wildman–Crippen MR) is 173 cm³/mol. The quantitative estimate of drug-likeness (QED) is 0.260. The fourth-order valence-corrected chi connectivity index (χ4v) is 7.62. The Balaban J connectivity index is 1.24. The highest BCUT2D eigenvalue weighted by Crippen LogP contribution is 2.47. The van der Waals surface area contributed by atoms with Crippen molar-refractivity contribution in [1.82, 2.24) is 20.2 Å². The number of rotatable bonds is 7. The van der Waals surface area contributed by atoms with E-state index in [0.717, 1.165) is 38.8 Å². The zero-order valence-corrected chi connectivity index (χ0v) is 26.2. The van der Waals surface area contributed by atoms with E-state index in [1.165, 1.54) is 30.3 Å². The van der Waals surface area contributed by atoms with Gasteiger partial charge in [0.15, 0.2) is 5.82 Å². The largest absolute Gasteiger partial charge is 0.508 e. The number of phenolic OH excluding ortho intramolecular Hbond substituents is 1. The van der Waals surface area contributed by atoms with Crippen molar-refractivity contribution in [2.45, 2.75) is 50.7 Å². The summed E-state index contributed by atoms with van der Waals surface area (Å²) in [6.07, 6.45) is 9.69. The maximum absolute atomic E-state index is 16.9. The van der Waals surface area contributed by atoms with Crippen molar-refractivity contribution in [3.8, 4) is 35.2 Å². The molecule has 3 aliphatic heterocycles. The number of nitrogens with zero attached hydrogens (tertiary/aromatic N) is 4. The van der Waals surface area contributed by atoms with Crippen LogP contribution in [-0.2, 0) is 4.74 Å². The van der Waals surface area contributed by atoms with Gasteiger partial charge in [-0.1, -0.05) is 12.0 Å². The van der Waals surface area contributed by atoms with Gasteiger partial charge in [-0.05, 0) is 62.3 Å². The molecule has 0 spiro atoms. The molecule has 4 heterocycles. The summed E-state index contributed by atoms with van der Waals surface area (Å²) in [6, 6.07) is 7.23. The smallest absolute Gasteiger partial charge is 0.319 e. The topological polar surface area (TPSA) is 83.0 Å². The fourth-order valence-electron chi connectivity index (χ4n) is 7.62. The average molecular weight is 644 g/mol. The van der Waals surface area contributed by atoms with Crippen LogP contribution in [0, 0.1) is 35.2 Å². The standard InChI is InChI=1S/C36H36F3N5O3/c1-3-25-28(37)7-4-21-12-24(45)13-26(30(21)25)31-29(38)14-27-33(32(31)39)41-35(42-34(27)44-15-22-5-6-23(16-44)40-22)47-19-36(8-9-36)18-43-10-11-46-17-20(43)2/h1,4,7,12-14,20,22-23,40,45H,5-6,8-11,15-19H2,2H3/t20-,22?,23?/m0/s1. The first kappa shape index (κ1) is 30.2. The second-order valence-corrected chi connectivity index (χ2v) is 13.7. The predicted octanol–water partition coefficient (Wildman–Crippen LogP) is 5.37. The number of terminal acetylenes is 1. The van der Waals surface area contributed by atoms with Crippen LogP contribution < -0.4 is 15.0 Å². The molecule has 3 aromatic carbocycles. The van der Waals surface area contributed by atoms with Crippen LogP contribution in [0.3, 0.4) is 0 Å². The Kier molecular flexibility index (Phi) is 7.43. The number of benzene rings is 3. The molecule has 0 radical (unpaired) electrons. The van der Waals surface area contributed by atoms with Gasteiger partial charge in [-0.25, -0.2) is 13.2 Å². The zero-order valence-electron chi connectivity index (χ0n) is 26.2. The molecule has 1 aliphatic carbocycles. The number of aromatic nitrogens is 2. The maximum Gasteiger partial charge on any atom is 0.319 e. The van der Waals surface area contributed by atoms with E-state index in [-0.39, 0.29) is 56.7 Å². The van der Waals surface area contributed by atoms with Crippen LogP contribution >= 0.6 is 0 Å². The number of hydrogen-bond acceptors (Lipinski definition) is 8. The number of phenols is 1. The molecule has 244 valence electrons. The third-order valence-corrected chi connectivity index (χ3v) is 10.3. The minimum absolute atomic E-state index is 0.0206. The van der Waals surface area contributed by atoms with Crippen molar-refractivity contribution in [2.75, 3.05) is 50.9 Å². The second kappa shape index (κ2) is 11.5. The third kappa shape index (κ3) is 5.42. The van der Waals surface area contributed by atoms with E-state index in [0.29, 0.717) is 50.2 Å². The molecule has 4 aromatic rings. The number of nitrogens with one attached hydrogen (secondary N) is 1. The van der Waals surface area contributed by atoms with Gasteiger partial charge in [0, 0.05) is 66.1 Å². The Morgan fingerprint density at radius 2 is 1.89 bits per heavy atom. The molecule has 0 amide bonds. The van der Waals surface area contributed by atoms with Crippen molar-refractivity contribution >= 4 is 27.5 Å². The van der Waals surface area contributed by atoms with Crippen LogP contribution in [0.25, 0.3) is 32.8 Å². The van der Waals surface area contributed by atoms with Crippen molar-refractivity contribution in [2.24, 2.45) is 5.41 Å². The van der Waals surface area contributed by atoms with Crippen LogP contribution in [0.1, 0.15) is 38.2 Å². The molecule has 2 N–H and O–H groups in total. The number of halogens is 3. The molecule has 47 heavy (non-hydrogen) atoms. The molecule has 3 atom stereocenters. The van der Waals surface area contributed by atoms with E-state index in [1.807, 2.05) is 0 Å². The molecule has 1 saturated carbocycles. The summed E-state index contributed by atoms with van der Waals surface area (Å²) in [7, 11) is 0. The van der Waals surface area contributed by atoms with Crippen molar-refractivity contribution in [3.05, 3.63) is 53.3 Å². The van der Waals surface area contributed by atoms with Gasteiger partial charge in [-0.2, -0.15) is 9.97 Å². The highest BCUT2D eigenvalue weighted by atomic mass is 19.1. The van der Waals surface area contributed by atoms with Gasteiger partial charge in [-0.3, -0.25) is 4.90 Å². The number of fused-ring (bicyclic) bond motifs is 4. The number of aromatic hydroxyl groups is 1. The van der Waals surface area contributed by atoms with Crippen LogP contribution in [0.15, 0.2) is 30.3 Å². The first-order chi connectivity index (χ1) is 22.7. The normalized spacial score (nSPS) is 23.7. The van der Waals surface area contributed by atoms with Crippen LogP contribution in [-0.4, -0.2) is 84.1 Å². The van der Waals surface area contributed by atoms with Gasteiger partial charge in [0.2, 0.25) is 0 Å². The average Bonchev–Trinajstić information content (AvgIpc) is 3.74. The van der Waals surface area contributed by atoms with Crippen molar-refractivity contribution in [1.29, 1.82) is 0 Å². The van der Waals surface area contributed by atoms with Crippen LogP contribution in [0.2, 0.25) is 0 Å². The lowest BCUT2D eigenvalue weighted by Crippen LogP contribution is -2.51. The summed E-state index contributed by atoms with van der Waals surface area (Å²) in [5, 5.41) is 14.8. The number of anilines is 1. The Hall–Kier alpha value is -4.11. The second-order valence-electron chi connectivity index (χ2n) is 13.7. The van der Waals surface area contributed by atoms with E-state index >= 15 is 8.78 Å². The highest BCUT2D eigenvalue weighted by molar-refractivity contribution is 6.04. The lowest BCUT2D eigenvalue weighted by molar-refractivity contribution is -0.0134. The Morgan fingerprint density at radius 3 is 2.62 bits per heavy atom. The van der Waals surface area contributed by atoms with E-state index in [9.17, 15) is 9.50 Å². The first-order valence-electron chi connectivity index (χ1n) is 16.3. The van der Waals surface area contributed by atoms with E-state index in [2.05, 4.69) is 32.9 Å². The minimum Gasteiger partial charge on any atom is -0.508 e. The summed E-state index contributed by atoms with van der Waals surface area (Å²) in [6.45, 7) is 6.91. The monoisotopic (exact) mass is 643 g/mol. The number of ether oxygens (including phenoxy) is 2. The summed E-state index contributed by atoms with van der Waals surface area (Å²) in [5.74, 6) is -0.0817. The van der Waals surface area contributed by atoms with Gasteiger partial charge in [0.05, 0.1) is 30.9 Å². The Morgan fingerprint density at radius 1 is 1.11 bits per heavy atom. The molecule has 8 nitrogen and oxygen atoms in total. The summed E-state index contributed by atoms with van der Waals surface area (Å²) in [5.41, 5.74) is -0.848. The summed E-state index contributed by atoms with van der Waals surface area (Å²) < 4.78 is 59.9. The summed E-state index contributed by atoms with van der Waals surface area (Å²) in [4.78, 5) is 13.8. The van der Waals surface area contributed by atoms with Crippen LogP contribution in [0.5, 0.6) is 11.8 Å². The Labute approximate surface area is 270 Å². The SMILES string of the molecule is C#Cc1c(F)ccc2cc(O)cc(-c3c(F)cc4c(N5CC6CCC(C5)N6)nc(OCC5(CN6CCOC[C@@H]6C)CC5)nc4c3F)c12. The van der Waals surface area contributed by atoms with E-state index in [1.54, 1.807) is 0 Å². The highest BCUT2D eigenvalue weighted by Gasteiger charge is 2.46. The lowest BCUT2D eigenvalue weighted by atomic mass is 9.92. The number of hydrogen-bond donors (Lipinski definition) is 2. The van der Waals surface area contributed by atoms with Gasteiger partial charge >= 0.3 is 6.01 Å². The van der Waals surface area contributed by atoms with Gasteiger partial charge < -0.3 is 24.8 Å². The van der Waals surface area contributed by atoms with Crippen molar-refractivity contribution in [3.63, 3.8) is 0 Å². The van der Waals surface area contributed by atoms with Crippen LogP contribution in [0.4, 0.5) is 19.0 Å². The molecule has 4 aliphatic rings. The molecular weight excluding hydrogens is 607 g/mol. The lowest BCUT2D eigenvalue weighted by Gasteiger charge is -2.36. The summed E-state index contributed by atoms with van der Waals surface area (Å²) >= 11 is 0. The van der Waals surface area contributed by atoms with Gasteiger partial charge in [0.1, 0.15) is 28.7 Å². The molecule has 2 bridgehead atoms. The number of morpholine rings is 1.